The van der Waals surface area contributed by atoms with Gasteiger partial charge in [0.1, 0.15) is 0 Å². The summed E-state index contributed by atoms with van der Waals surface area (Å²) in [5.41, 5.74) is 1.86. The van der Waals surface area contributed by atoms with E-state index in [0.29, 0.717) is 38.7 Å². The molecule has 1 heterocycles. The molecule has 0 aromatic heterocycles. The van der Waals surface area contributed by atoms with Crippen LogP contribution in [-0.4, -0.2) is 72.9 Å². The summed E-state index contributed by atoms with van der Waals surface area (Å²) in [6.45, 7) is 0.630. The molecular weight excluding hydrogens is 561 g/mol. The summed E-state index contributed by atoms with van der Waals surface area (Å²) in [4.78, 5) is 26.3. The van der Waals surface area contributed by atoms with Crippen LogP contribution in [0, 0.1) is 11.8 Å². The predicted octanol–water partition coefficient (Wildman–Crippen LogP) is 2.41. The Bertz CT molecular complexity index is 891. The zero-order chi connectivity index (χ0) is 20.6. The molecular formula is C23H22NO4Pb. The first-order valence-corrected chi connectivity index (χ1v) is 11.8. The fourth-order valence-electron chi connectivity index (χ4n) is 3.36. The van der Waals surface area contributed by atoms with Crippen molar-refractivity contribution < 1.29 is 19.4 Å². The standard InChI is InChI=1S/C23H22NO4.Pb/c25-22(16-19-10-5-2-6-11-19)24-14-13-20(17-21(24)23(26)27)28-15-7-12-18-8-3-1-4-9-18;/h1-6,8-11,16,20-21H,13-15,17H2,(H,26,27);. The number of carbonyl (C=O) groups is 2. The van der Waals surface area contributed by atoms with Crippen LogP contribution in [0.15, 0.2) is 60.7 Å². The van der Waals surface area contributed by atoms with Crippen molar-refractivity contribution in [2.24, 2.45) is 0 Å². The molecule has 2 aromatic rings. The van der Waals surface area contributed by atoms with Crippen molar-refractivity contribution in [1.82, 2.24) is 4.90 Å². The average Bonchev–Trinajstić information content (AvgIpc) is 2.77. The molecule has 3 radical (unpaired) electrons. The van der Waals surface area contributed by atoms with E-state index in [9.17, 15) is 14.7 Å². The number of carbonyl (C=O) groups excluding carboxylic acids is 1. The number of rotatable bonds is 5. The van der Waals surface area contributed by atoms with Gasteiger partial charge in [0.15, 0.2) is 0 Å². The Kier molecular flexibility index (Phi) is 7.84. The SMILES string of the molecule is O=C(O)C1CC(OCC#Cc2ccccc2)CCN1C(=O)[CH]([Pb])c1ccccc1. The molecule has 1 saturated heterocycles. The van der Waals surface area contributed by atoms with Crippen molar-refractivity contribution in [3.8, 4) is 11.8 Å². The van der Waals surface area contributed by atoms with Crippen LogP contribution in [0.2, 0.25) is 0 Å². The van der Waals surface area contributed by atoms with Crippen molar-refractivity contribution in [1.29, 1.82) is 0 Å². The van der Waals surface area contributed by atoms with Crippen molar-refractivity contribution in [3.05, 3.63) is 71.8 Å². The normalized spacial score (nSPS) is 19.7. The summed E-state index contributed by atoms with van der Waals surface area (Å²) in [5, 5.41) is 9.68. The van der Waals surface area contributed by atoms with Crippen molar-refractivity contribution in [2.75, 3.05) is 13.2 Å². The van der Waals surface area contributed by atoms with E-state index in [2.05, 4.69) is 11.8 Å². The summed E-state index contributed by atoms with van der Waals surface area (Å²) in [6.07, 6.45) is 0.692. The monoisotopic (exact) mass is 584 g/mol. The molecule has 1 amide bonds. The Morgan fingerprint density at radius 2 is 1.79 bits per heavy atom. The first-order chi connectivity index (χ1) is 14.1. The number of aliphatic carboxylic acids is 1. The van der Waals surface area contributed by atoms with Gasteiger partial charge in [0.2, 0.25) is 0 Å². The molecule has 5 nitrogen and oxygen atoms in total. The molecule has 3 rings (SSSR count). The average molecular weight is 584 g/mol. The predicted molar refractivity (Wildman–Crippen MR) is 110 cm³/mol. The van der Waals surface area contributed by atoms with Gasteiger partial charge in [-0.15, -0.1) is 0 Å². The number of nitrogens with zero attached hydrogens (tertiary/aromatic N) is 1. The van der Waals surface area contributed by atoms with Gasteiger partial charge in [-0.3, -0.25) is 0 Å². The Morgan fingerprint density at radius 3 is 2.45 bits per heavy atom. The minimum absolute atomic E-state index is 0.0995. The summed E-state index contributed by atoms with van der Waals surface area (Å²) >= 11 is 0.632. The maximum absolute atomic E-state index is 13.0. The molecule has 0 aliphatic carbocycles. The van der Waals surface area contributed by atoms with Gasteiger partial charge in [-0.1, -0.05) is 18.2 Å². The van der Waals surface area contributed by atoms with Crippen LogP contribution in [0.1, 0.15) is 27.4 Å². The molecule has 0 spiro atoms. The van der Waals surface area contributed by atoms with Crippen LogP contribution in [0.5, 0.6) is 0 Å². The number of carboxylic acids is 1. The third-order valence-electron chi connectivity index (χ3n) is 4.90. The number of benzene rings is 2. The number of amides is 1. The summed E-state index contributed by atoms with van der Waals surface area (Å²) < 4.78 is 5.55. The van der Waals surface area contributed by atoms with E-state index in [4.69, 9.17) is 4.74 Å². The number of hydrogen-bond acceptors (Lipinski definition) is 3. The fraction of sp³-hybridized carbons (Fsp3) is 0.304. The number of ether oxygens (including phenoxy) is 1. The molecule has 6 heteroatoms. The van der Waals surface area contributed by atoms with E-state index in [1.807, 2.05) is 60.7 Å². The Labute approximate surface area is 186 Å². The van der Waals surface area contributed by atoms with Crippen molar-refractivity contribution in [3.63, 3.8) is 0 Å². The molecule has 0 saturated carbocycles. The number of carboxylic acid groups (broad SMARTS) is 1. The fourth-order valence-corrected chi connectivity index (χ4v) is 4.75. The third kappa shape index (κ3) is 5.90. The molecule has 1 N–H and O–H groups in total. The second-order valence-electron chi connectivity index (χ2n) is 6.85. The molecule has 147 valence electrons. The Morgan fingerprint density at radius 1 is 1.14 bits per heavy atom. The van der Waals surface area contributed by atoms with Crippen LogP contribution >= 0.6 is 0 Å². The first-order valence-electron chi connectivity index (χ1n) is 9.51. The molecule has 1 aliphatic heterocycles. The van der Waals surface area contributed by atoms with Gasteiger partial charge in [0.05, 0.1) is 0 Å². The third-order valence-corrected chi connectivity index (χ3v) is 7.16. The van der Waals surface area contributed by atoms with E-state index in [1.54, 1.807) is 0 Å². The zero-order valence-electron chi connectivity index (χ0n) is 16.0. The Balaban J connectivity index is 1.59. The second-order valence-corrected chi connectivity index (χ2v) is 9.10. The molecule has 3 unspecified atom stereocenters. The maximum atomic E-state index is 13.0. The molecule has 3 atom stereocenters. The summed E-state index contributed by atoms with van der Waals surface area (Å²) in [5.74, 6) is 4.92. The van der Waals surface area contributed by atoms with E-state index in [1.165, 1.54) is 4.90 Å². The molecule has 0 bridgehead atoms. The van der Waals surface area contributed by atoms with Crippen molar-refractivity contribution >= 4 is 37.6 Å². The molecule has 29 heavy (non-hydrogen) atoms. The van der Waals surface area contributed by atoms with E-state index in [0.717, 1.165) is 11.1 Å². The number of hydrogen-bond donors (Lipinski definition) is 1. The van der Waals surface area contributed by atoms with E-state index < -0.39 is 12.0 Å². The zero-order valence-corrected chi connectivity index (χ0v) is 19.8. The molecule has 2 aromatic carbocycles. The van der Waals surface area contributed by atoms with Gasteiger partial charge < -0.3 is 0 Å². The van der Waals surface area contributed by atoms with Gasteiger partial charge in [-0.2, -0.15) is 0 Å². The van der Waals surface area contributed by atoms with Gasteiger partial charge in [0.25, 0.3) is 0 Å². The molecule has 1 fully saturated rings. The number of piperidine rings is 1. The van der Waals surface area contributed by atoms with Gasteiger partial charge in [0, 0.05) is 0 Å². The van der Waals surface area contributed by atoms with Crippen LogP contribution in [0.3, 0.4) is 0 Å². The Hall–Kier alpha value is -2.18. The van der Waals surface area contributed by atoms with Crippen LogP contribution in [-0.2, 0) is 14.3 Å². The van der Waals surface area contributed by atoms with Gasteiger partial charge in [-0.05, 0) is 0 Å². The topological polar surface area (TPSA) is 66.8 Å². The minimum atomic E-state index is -0.982. The number of likely N-dealkylation sites (tertiary alicyclic amines) is 1. The van der Waals surface area contributed by atoms with Gasteiger partial charge >= 0.3 is 169 Å². The summed E-state index contributed by atoms with van der Waals surface area (Å²) in [7, 11) is 0. The summed E-state index contributed by atoms with van der Waals surface area (Å²) in [6, 6.07) is 18.3. The van der Waals surface area contributed by atoms with Crippen molar-refractivity contribution in [2.45, 2.75) is 28.5 Å². The van der Waals surface area contributed by atoms with Crippen LogP contribution in [0.25, 0.3) is 0 Å². The van der Waals surface area contributed by atoms with E-state index >= 15 is 0 Å². The van der Waals surface area contributed by atoms with E-state index in [-0.39, 0.29) is 28.5 Å². The van der Waals surface area contributed by atoms with Crippen LogP contribution < -0.4 is 0 Å². The van der Waals surface area contributed by atoms with Gasteiger partial charge in [-0.25, -0.2) is 0 Å². The molecule has 1 aliphatic rings. The first kappa shape index (κ1) is 21.5. The van der Waals surface area contributed by atoms with Crippen LogP contribution in [0.4, 0.5) is 0 Å². The quantitative estimate of drug-likeness (QED) is 0.434. The second kappa shape index (κ2) is 10.6.